The van der Waals surface area contributed by atoms with Gasteiger partial charge >= 0.3 is 5.69 Å². The lowest BCUT2D eigenvalue weighted by molar-refractivity contribution is 0.0938. The molecule has 1 aromatic carbocycles. The minimum Gasteiger partial charge on any atom is -0.491 e. The molecule has 2 aromatic heterocycles. The molecule has 0 amide bonds. The monoisotopic (exact) mass is 360 g/mol. The van der Waals surface area contributed by atoms with Crippen molar-refractivity contribution >= 4 is 17.1 Å². The van der Waals surface area contributed by atoms with Gasteiger partial charge in [-0.1, -0.05) is 18.2 Å². The number of rotatable bonds is 6. The minimum absolute atomic E-state index is 0.0102. The molecular weight excluding hydrogens is 340 g/mol. The molecule has 3 rings (SSSR count). The maximum Gasteiger partial charge on any atom is 0.332 e. The van der Waals surface area contributed by atoms with Crippen LogP contribution in [-0.4, -0.2) is 36.5 Å². The van der Waals surface area contributed by atoms with Crippen LogP contribution in [0, 0.1) is 0 Å². The van der Waals surface area contributed by atoms with Crippen molar-refractivity contribution in [3.8, 4) is 5.75 Å². The number of hydrazine groups is 1. The van der Waals surface area contributed by atoms with Crippen molar-refractivity contribution in [3.05, 3.63) is 51.2 Å². The Morgan fingerprint density at radius 2 is 1.92 bits per heavy atom. The summed E-state index contributed by atoms with van der Waals surface area (Å²) in [5.41, 5.74) is 1.73. The first-order valence-corrected chi connectivity index (χ1v) is 7.92. The quantitative estimate of drug-likeness (QED) is 0.386. The van der Waals surface area contributed by atoms with Gasteiger partial charge in [0.1, 0.15) is 18.5 Å². The van der Waals surface area contributed by atoms with Crippen LogP contribution in [0.2, 0.25) is 0 Å². The molecule has 0 aliphatic carbocycles. The molecule has 0 aliphatic rings. The summed E-state index contributed by atoms with van der Waals surface area (Å²) < 4.78 is 9.20. The number of imidazole rings is 1. The predicted octanol–water partition coefficient (Wildman–Crippen LogP) is -0.841. The van der Waals surface area contributed by atoms with Gasteiger partial charge in [0.2, 0.25) is 5.95 Å². The number of benzene rings is 1. The fourth-order valence-electron chi connectivity index (χ4n) is 2.71. The molecule has 10 heteroatoms. The molecule has 2 heterocycles. The predicted molar refractivity (Wildman–Crippen MR) is 96.0 cm³/mol. The Bertz CT molecular complexity index is 1040. The lowest BCUT2D eigenvalue weighted by Gasteiger charge is -2.15. The molecule has 0 aliphatic heterocycles. The SMILES string of the molecule is Cn1c(=O)c2c(nc(NN)n2CC(O)COc2ccccc2)n(C)c1=O. The molecule has 0 radical (unpaired) electrons. The number of para-hydroxylation sites is 1. The number of fused-ring (bicyclic) bond motifs is 1. The first-order valence-electron chi connectivity index (χ1n) is 7.92. The summed E-state index contributed by atoms with van der Waals surface area (Å²) in [5.74, 6) is 6.28. The Morgan fingerprint density at radius 1 is 1.23 bits per heavy atom. The standard InChI is InChI=1S/C16H20N6O4/c1-20-13-12(14(24)21(2)16(20)25)22(15(18-13)19-17)8-10(23)9-26-11-6-4-3-5-7-11/h3-7,10,23H,8-9,17H2,1-2H3,(H,18,19). The number of aryl methyl sites for hydroxylation is 1. The smallest absolute Gasteiger partial charge is 0.332 e. The van der Waals surface area contributed by atoms with Crippen LogP contribution >= 0.6 is 0 Å². The number of hydrogen-bond donors (Lipinski definition) is 3. The fourth-order valence-corrected chi connectivity index (χ4v) is 2.71. The molecule has 3 aromatic rings. The number of anilines is 1. The summed E-state index contributed by atoms with van der Waals surface area (Å²) >= 11 is 0. The van der Waals surface area contributed by atoms with E-state index in [1.807, 2.05) is 18.2 Å². The Labute approximate surface area is 148 Å². The Morgan fingerprint density at radius 3 is 2.58 bits per heavy atom. The van der Waals surface area contributed by atoms with Crippen LogP contribution in [0.4, 0.5) is 5.95 Å². The first-order chi connectivity index (χ1) is 12.4. The number of aliphatic hydroxyl groups excluding tert-OH is 1. The zero-order chi connectivity index (χ0) is 18.8. The summed E-state index contributed by atoms with van der Waals surface area (Å²) in [6.07, 6.45) is -0.929. The molecule has 1 unspecified atom stereocenters. The van der Waals surface area contributed by atoms with Gasteiger partial charge in [0.25, 0.3) is 5.56 Å². The van der Waals surface area contributed by atoms with Crippen molar-refractivity contribution in [2.75, 3.05) is 12.0 Å². The van der Waals surface area contributed by atoms with E-state index in [0.29, 0.717) is 5.75 Å². The maximum atomic E-state index is 12.5. The summed E-state index contributed by atoms with van der Waals surface area (Å²) in [5, 5.41) is 10.3. The van der Waals surface area contributed by atoms with E-state index in [1.54, 1.807) is 12.1 Å². The van der Waals surface area contributed by atoms with E-state index in [4.69, 9.17) is 10.6 Å². The van der Waals surface area contributed by atoms with E-state index < -0.39 is 17.4 Å². The van der Waals surface area contributed by atoms with E-state index in [-0.39, 0.29) is 30.3 Å². The van der Waals surface area contributed by atoms with Crippen LogP contribution in [0.1, 0.15) is 0 Å². The number of nitrogens with one attached hydrogen (secondary N) is 1. The van der Waals surface area contributed by atoms with Gasteiger partial charge in [0.05, 0.1) is 6.54 Å². The Hall–Kier alpha value is -3.11. The summed E-state index contributed by atoms with van der Waals surface area (Å²) in [4.78, 5) is 28.8. The topological polar surface area (TPSA) is 129 Å². The molecule has 0 bridgehead atoms. The molecular formula is C16H20N6O4. The second-order valence-corrected chi connectivity index (χ2v) is 5.85. The van der Waals surface area contributed by atoms with Crippen molar-refractivity contribution in [3.63, 3.8) is 0 Å². The van der Waals surface area contributed by atoms with Crippen LogP contribution in [0.5, 0.6) is 5.75 Å². The van der Waals surface area contributed by atoms with Gasteiger partial charge in [-0.2, -0.15) is 4.98 Å². The van der Waals surface area contributed by atoms with Crippen LogP contribution in [0.15, 0.2) is 39.9 Å². The maximum absolute atomic E-state index is 12.5. The molecule has 1 atom stereocenters. The van der Waals surface area contributed by atoms with Crippen molar-refractivity contribution in [1.82, 2.24) is 18.7 Å². The largest absolute Gasteiger partial charge is 0.491 e. The van der Waals surface area contributed by atoms with Gasteiger partial charge in [0.15, 0.2) is 11.2 Å². The summed E-state index contributed by atoms with van der Waals surface area (Å²) in [7, 11) is 2.89. The van der Waals surface area contributed by atoms with E-state index in [0.717, 1.165) is 4.57 Å². The van der Waals surface area contributed by atoms with Gasteiger partial charge in [-0.3, -0.25) is 19.4 Å². The van der Waals surface area contributed by atoms with Crippen LogP contribution in [-0.2, 0) is 20.6 Å². The summed E-state index contributed by atoms with van der Waals surface area (Å²) in [6.45, 7) is 0.0239. The van der Waals surface area contributed by atoms with E-state index in [9.17, 15) is 14.7 Å². The van der Waals surface area contributed by atoms with Gasteiger partial charge in [0, 0.05) is 14.1 Å². The highest BCUT2D eigenvalue weighted by molar-refractivity contribution is 5.74. The second kappa shape index (κ2) is 7.02. The third-order valence-electron chi connectivity index (χ3n) is 4.06. The molecule has 0 saturated carbocycles. The molecule has 26 heavy (non-hydrogen) atoms. The molecule has 138 valence electrons. The third kappa shape index (κ3) is 3.07. The highest BCUT2D eigenvalue weighted by atomic mass is 16.5. The van der Waals surface area contributed by atoms with E-state index in [2.05, 4.69) is 10.4 Å². The molecule has 0 fully saturated rings. The highest BCUT2D eigenvalue weighted by Gasteiger charge is 2.20. The van der Waals surface area contributed by atoms with E-state index in [1.165, 1.54) is 23.2 Å². The van der Waals surface area contributed by atoms with Crippen molar-refractivity contribution in [2.24, 2.45) is 19.9 Å². The van der Waals surface area contributed by atoms with Crippen LogP contribution in [0.25, 0.3) is 11.2 Å². The molecule has 0 saturated heterocycles. The highest BCUT2D eigenvalue weighted by Crippen LogP contribution is 2.16. The summed E-state index contributed by atoms with van der Waals surface area (Å²) in [6, 6.07) is 9.06. The van der Waals surface area contributed by atoms with E-state index >= 15 is 0 Å². The van der Waals surface area contributed by atoms with Crippen LogP contribution in [0.3, 0.4) is 0 Å². The number of nitrogen functional groups attached to an aromatic ring is 1. The molecule has 0 spiro atoms. The number of aliphatic hydroxyl groups is 1. The number of nitrogens with two attached hydrogens (primary N) is 1. The fraction of sp³-hybridized carbons (Fsp3) is 0.312. The lowest BCUT2D eigenvalue weighted by atomic mass is 10.3. The molecule has 4 N–H and O–H groups in total. The van der Waals surface area contributed by atoms with Crippen molar-refractivity contribution < 1.29 is 9.84 Å². The first kappa shape index (κ1) is 17.7. The second-order valence-electron chi connectivity index (χ2n) is 5.85. The van der Waals surface area contributed by atoms with Gasteiger partial charge < -0.3 is 14.4 Å². The van der Waals surface area contributed by atoms with Crippen molar-refractivity contribution in [1.29, 1.82) is 0 Å². The average Bonchev–Trinajstić information content (AvgIpc) is 3.02. The van der Waals surface area contributed by atoms with Gasteiger partial charge in [-0.15, -0.1) is 0 Å². The minimum atomic E-state index is -0.929. The average molecular weight is 360 g/mol. The Balaban J connectivity index is 1.94. The van der Waals surface area contributed by atoms with Gasteiger partial charge in [-0.25, -0.2) is 10.6 Å². The van der Waals surface area contributed by atoms with Gasteiger partial charge in [-0.05, 0) is 12.1 Å². The number of aromatic nitrogens is 4. The Kier molecular flexibility index (Phi) is 4.78. The zero-order valence-corrected chi connectivity index (χ0v) is 14.4. The lowest BCUT2D eigenvalue weighted by Crippen LogP contribution is -2.38. The molecule has 10 nitrogen and oxygen atoms in total. The number of nitrogens with zero attached hydrogens (tertiary/aromatic N) is 4. The third-order valence-corrected chi connectivity index (χ3v) is 4.06. The van der Waals surface area contributed by atoms with Crippen molar-refractivity contribution in [2.45, 2.75) is 12.6 Å². The zero-order valence-electron chi connectivity index (χ0n) is 14.4. The van der Waals surface area contributed by atoms with Crippen LogP contribution < -0.4 is 27.3 Å². The number of hydrogen-bond acceptors (Lipinski definition) is 7. The number of ether oxygens (including phenoxy) is 1. The normalized spacial score (nSPS) is 12.3.